The number of hydrogen-bond acceptors (Lipinski definition) is 2. The Morgan fingerprint density at radius 2 is 1.63 bits per heavy atom. The molecule has 0 unspecified atom stereocenters. The van der Waals surface area contributed by atoms with Crippen LogP contribution >= 0.6 is 0 Å². The molecule has 4 nitrogen and oxygen atoms in total. The maximum absolute atomic E-state index is 9.90. The monoisotopic (exact) mass is 317 g/mol. The second-order valence-corrected chi connectivity index (χ2v) is 4.79. The van der Waals surface area contributed by atoms with Crippen molar-refractivity contribution in [3.63, 3.8) is 0 Å². The molecule has 1 heterocycles. The first-order valence-corrected chi connectivity index (χ1v) is 6.63. The number of para-hydroxylation sites is 3. The Kier molecular flexibility index (Phi) is 3.07. The van der Waals surface area contributed by atoms with Crippen LogP contribution in [0.15, 0.2) is 60.9 Å². The molecule has 3 rings (SSSR count). The first-order chi connectivity index (χ1) is 9.27. The average molecular weight is 316 g/mol. The molecule has 0 saturated heterocycles. The quantitative estimate of drug-likeness (QED) is 0.736. The topological polar surface area (TPSA) is 43.0 Å². The molecule has 0 radical (unpaired) electrons. The van der Waals surface area contributed by atoms with Gasteiger partial charge >= 0.3 is 117 Å². The van der Waals surface area contributed by atoms with Gasteiger partial charge in [0.15, 0.2) is 0 Å². The van der Waals surface area contributed by atoms with Crippen molar-refractivity contribution in [1.29, 1.82) is 0 Å². The number of aromatic nitrogens is 3. The van der Waals surface area contributed by atoms with Gasteiger partial charge in [0.25, 0.3) is 0 Å². The maximum atomic E-state index is 9.90. The molecule has 0 amide bonds. The van der Waals surface area contributed by atoms with Gasteiger partial charge < -0.3 is 0 Å². The fraction of sp³-hybridized carbons (Fsp3) is 0. The molecule has 2 aromatic carbocycles. The number of hydrogen-bond donors (Lipinski definition) is 1. The van der Waals surface area contributed by atoms with Crippen LogP contribution < -0.4 is 0 Å². The fourth-order valence-corrected chi connectivity index (χ4v) is 2.51. The van der Waals surface area contributed by atoms with Crippen molar-refractivity contribution in [1.82, 2.24) is 14.3 Å². The van der Waals surface area contributed by atoms with Crippen LogP contribution in [0.5, 0.6) is 5.75 Å². The molecular formula is C14H11N3OSe. The van der Waals surface area contributed by atoms with Crippen molar-refractivity contribution in [3.05, 3.63) is 65.2 Å². The minimum atomic E-state index is 0.219. The van der Waals surface area contributed by atoms with Gasteiger partial charge in [-0.25, -0.2) is 0 Å². The molecule has 1 N–H and O–H groups in total. The summed E-state index contributed by atoms with van der Waals surface area (Å²) in [7, 11) is 0. The molecule has 1 aromatic heterocycles. The normalized spacial score (nSPS) is 10.5. The van der Waals surface area contributed by atoms with E-state index in [4.69, 9.17) is 0 Å². The van der Waals surface area contributed by atoms with E-state index in [9.17, 15) is 5.11 Å². The molecule has 0 aliphatic carbocycles. The Balaban J connectivity index is 2.15. The van der Waals surface area contributed by atoms with E-state index in [-0.39, 0.29) is 5.75 Å². The third-order valence-corrected chi connectivity index (χ3v) is 3.59. The SMILES string of the molecule is Oc1ccccc1-n1cnn(-c2ccccc2)c1=[Se]. The van der Waals surface area contributed by atoms with Gasteiger partial charge in [0.1, 0.15) is 0 Å². The van der Waals surface area contributed by atoms with E-state index in [0.29, 0.717) is 5.69 Å². The summed E-state index contributed by atoms with van der Waals surface area (Å²) in [5.41, 5.74) is 1.66. The molecule has 94 valence electrons. The molecule has 0 bridgehead atoms. The zero-order chi connectivity index (χ0) is 13.2. The van der Waals surface area contributed by atoms with Crippen LogP contribution in [0.3, 0.4) is 0 Å². The van der Waals surface area contributed by atoms with Gasteiger partial charge in [-0.05, 0) is 0 Å². The summed E-state index contributed by atoms with van der Waals surface area (Å²) >= 11 is 3.00. The van der Waals surface area contributed by atoms with Gasteiger partial charge in [-0.2, -0.15) is 0 Å². The average Bonchev–Trinajstić information content (AvgIpc) is 2.82. The van der Waals surface area contributed by atoms with Crippen molar-refractivity contribution in [3.8, 4) is 17.1 Å². The van der Waals surface area contributed by atoms with Gasteiger partial charge in [0.05, 0.1) is 0 Å². The van der Waals surface area contributed by atoms with Gasteiger partial charge in [-0.3, -0.25) is 0 Å². The van der Waals surface area contributed by atoms with Crippen LogP contribution in [-0.4, -0.2) is 35.0 Å². The predicted octanol–water partition coefficient (Wildman–Crippen LogP) is 2.07. The van der Waals surface area contributed by atoms with E-state index < -0.39 is 0 Å². The third-order valence-electron chi connectivity index (χ3n) is 2.81. The number of benzene rings is 2. The summed E-state index contributed by atoms with van der Waals surface area (Å²) < 4.78 is 4.39. The van der Waals surface area contributed by atoms with E-state index in [1.807, 2.05) is 47.0 Å². The van der Waals surface area contributed by atoms with Crippen LogP contribution in [0.25, 0.3) is 11.4 Å². The van der Waals surface area contributed by atoms with E-state index >= 15 is 0 Å². The first kappa shape index (κ1) is 12.0. The molecule has 0 aliphatic rings. The molecule has 3 aromatic rings. The summed E-state index contributed by atoms with van der Waals surface area (Å²) in [6, 6.07) is 17.0. The number of phenols is 1. The van der Waals surface area contributed by atoms with Crippen LogP contribution in [0.2, 0.25) is 0 Å². The predicted molar refractivity (Wildman–Crippen MR) is 73.6 cm³/mol. The van der Waals surface area contributed by atoms with E-state index in [1.54, 1.807) is 23.1 Å². The van der Waals surface area contributed by atoms with Gasteiger partial charge in [-0.1, -0.05) is 0 Å². The number of phenolic OH excluding ortho intramolecular Hbond substituents is 1. The summed E-state index contributed by atoms with van der Waals surface area (Å²) in [4.78, 5) is 0. The first-order valence-electron chi connectivity index (χ1n) is 5.78. The van der Waals surface area contributed by atoms with Crippen molar-refractivity contribution >= 4 is 15.6 Å². The minimum absolute atomic E-state index is 0.219. The molecule has 0 atom stereocenters. The fourth-order valence-electron chi connectivity index (χ4n) is 1.88. The molecule has 0 fully saturated rings. The standard InChI is InChI=1S/C14H11N3OSe/c18-13-9-5-4-8-12(13)16-10-15-17(14(16)19)11-6-2-1-3-7-11/h1-10,18H. The van der Waals surface area contributed by atoms with Crippen molar-refractivity contribution in [2.45, 2.75) is 0 Å². The molecule has 19 heavy (non-hydrogen) atoms. The second kappa shape index (κ2) is 4.88. The summed E-state index contributed by atoms with van der Waals surface area (Å²) in [5.74, 6) is 0.219. The molecule has 0 aliphatic heterocycles. The van der Waals surface area contributed by atoms with E-state index in [1.165, 1.54) is 0 Å². The number of aromatic hydroxyl groups is 1. The summed E-state index contributed by atoms with van der Waals surface area (Å²) in [5, 5.41) is 14.2. The summed E-state index contributed by atoms with van der Waals surface area (Å²) in [6.07, 6.45) is 1.67. The van der Waals surface area contributed by atoms with Crippen molar-refractivity contribution < 1.29 is 5.11 Å². The zero-order valence-electron chi connectivity index (χ0n) is 9.97. The Morgan fingerprint density at radius 3 is 2.37 bits per heavy atom. The molecular weight excluding hydrogens is 305 g/mol. The van der Waals surface area contributed by atoms with Crippen molar-refractivity contribution in [2.24, 2.45) is 0 Å². The molecule has 0 spiro atoms. The van der Waals surface area contributed by atoms with Gasteiger partial charge in [-0.15, -0.1) is 0 Å². The Labute approximate surface area is 117 Å². The Morgan fingerprint density at radius 1 is 0.947 bits per heavy atom. The zero-order valence-corrected chi connectivity index (χ0v) is 11.7. The number of rotatable bonds is 2. The second-order valence-electron chi connectivity index (χ2n) is 4.02. The van der Waals surface area contributed by atoms with E-state index in [0.717, 1.165) is 10.0 Å². The summed E-state index contributed by atoms with van der Waals surface area (Å²) in [6.45, 7) is 0. The number of nitrogens with zero attached hydrogens (tertiary/aromatic N) is 3. The third kappa shape index (κ3) is 2.14. The molecule has 0 saturated carbocycles. The van der Waals surface area contributed by atoms with Gasteiger partial charge in [0.2, 0.25) is 0 Å². The van der Waals surface area contributed by atoms with Crippen molar-refractivity contribution in [2.75, 3.05) is 0 Å². The van der Waals surface area contributed by atoms with E-state index in [2.05, 4.69) is 20.7 Å². The van der Waals surface area contributed by atoms with Crippen LogP contribution in [0.1, 0.15) is 0 Å². The van der Waals surface area contributed by atoms with Gasteiger partial charge in [0, 0.05) is 0 Å². The van der Waals surface area contributed by atoms with Crippen LogP contribution in [0.4, 0.5) is 0 Å². The van der Waals surface area contributed by atoms with Crippen LogP contribution in [0, 0.1) is 4.32 Å². The molecule has 5 heteroatoms. The Bertz CT molecular complexity index is 762. The van der Waals surface area contributed by atoms with Crippen LogP contribution in [-0.2, 0) is 0 Å². The Hall–Kier alpha value is -2.10.